The minimum atomic E-state index is -0.125. The first-order valence-electron chi connectivity index (χ1n) is 8.48. The number of anilines is 1. The zero-order chi connectivity index (χ0) is 15.9. The summed E-state index contributed by atoms with van der Waals surface area (Å²) < 4.78 is 5.43. The molecule has 1 aromatic carbocycles. The fourth-order valence-corrected chi connectivity index (χ4v) is 3.12. The van der Waals surface area contributed by atoms with Gasteiger partial charge in [0.2, 0.25) is 0 Å². The Balaban J connectivity index is 2.05. The third-order valence-corrected chi connectivity index (χ3v) is 4.36. The first-order valence-corrected chi connectivity index (χ1v) is 8.48. The van der Waals surface area contributed by atoms with Crippen molar-refractivity contribution < 1.29 is 9.53 Å². The number of hydrogen-bond acceptors (Lipinski definition) is 4. The molecule has 0 heterocycles. The summed E-state index contributed by atoms with van der Waals surface area (Å²) in [6, 6.07) is 5.69. The van der Waals surface area contributed by atoms with E-state index in [1.165, 1.54) is 32.1 Å². The number of ketones is 1. The van der Waals surface area contributed by atoms with E-state index in [-0.39, 0.29) is 11.8 Å². The Labute approximate surface area is 133 Å². The number of hydrogen-bond donors (Lipinski definition) is 2. The van der Waals surface area contributed by atoms with E-state index in [0.717, 1.165) is 6.42 Å². The quantitative estimate of drug-likeness (QED) is 0.597. The lowest BCUT2D eigenvalue weighted by molar-refractivity contribution is 0.0928. The molecule has 1 aliphatic carbocycles. The Morgan fingerprint density at radius 2 is 2.05 bits per heavy atom. The number of rotatable bonds is 7. The van der Waals surface area contributed by atoms with Gasteiger partial charge in [-0.3, -0.25) is 4.79 Å². The zero-order valence-corrected chi connectivity index (χ0v) is 13.7. The molecule has 1 unspecified atom stereocenters. The molecule has 0 bridgehead atoms. The average Bonchev–Trinajstić information content (AvgIpc) is 2.55. The van der Waals surface area contributed by atoms with Gasteiger partial charge in [-0.2, -0.15) is 0 Å². The molecule has 4 nitrogen and oxygen atoms in total. The van der Waals surface area contributed by atoms with E-state index in [1.807, 2.05) is 13.0 Å². The van der Waals surface area contributed by atoms with Crippen LogP contribution in [-0.4, -0.2) is 24.5 Å². The smallest absolute Gasteiger partial charge is 0.179 e. The van der Waals surface area contributed by atoms with E-state index < -0.39 is 0 Å². The third kappa shape index (κ3) is 4.23. The van der Waals surface area contributed by atoms with Crippen LogP contribution in [0.2, 0.25) is 0 Å². The third-order valence-electron chi connectivity index (χ3n) is 4.36. The lowest BCUT2D eigenvalue weighted by Gasteiger charge is -2.27. The van der Waals surface area contributed by atoms with Crippen molar-refractivity contribution in [1.82, 2.24) is 5.32 Å². The number of benzene rings is 1. The number of nitrogen functional groups attached to an aromatic ring is 1. The first kappa shape index (κ1) is 16.8. The van der Waals surface area contributed by atoms with Crippen LogP contribution in [0.3, 0.4) is 0 Å². The molecule has 4 heteroatoms. The maximum atomic E-state index is 12.7. The number of Topliss-reactive ketones (excluding diaryl/α,β-unsaturated/α-hetero) is 1. The Morgan fingerprint density at radius 3 is 2.64 bits per heavy atom. The molecule has 1 saturated carbocycles. The van der Waals surface area contributed by atoms with Gasteiger partial charge in [0.25, 0.3) is 0 Å². The van der Waals surface area contributed by atoms with Crippen LogP contribution in [0.15, 0.2) is 18.2 Å². The number of nitrogens with two attached hydrogens (primary N) is 1. The molecule has 0 spiro atoms. The molecular formula is C18H28N2O2. The molecule has 0 amide bonds. The molecule has 1 fully saturated rings. The van der Waals surface area contributed by atoms with Gasteiger partial charge in [-0.25, -0.2) is 0 Å². The van der Waals surface area contributed by atoms with Crippen molar-refractivity contribution in [2.24, 2.45) is 0 Å². The van der Waals surface area contributed by atoms with Crippen molar-refractivity contribution in [2.75, 3.05) is 12.3 Å². The number of carbonyl (C=O) groups is 1. The average molecular weight is 304 g/mol. The highest BCUT2D eigenvalue weighted by molar-refractivity contribution is 6.01. The second-order valence-corrected chi connectivity index (χ2v) is 6.01. The van der Waals surface area contributed by atoms with Crippen LogP contribution in [0.5, 0.6) is 5.75 Å². The van der Waals surface area contributed by atoms with Gasteiger partial charge < -0.3 is 15.8 Å². The van der Waals surface area contributed by atoms with E-state index in [0.29, 0.717) is 29.6 Å². The molecule has 22 heavy (non-hydrogen) atoms. The Hall–Kier alpha value is -1.55. The molecule has 1 atom stereocenters. The molecule has 0 radical (unpaired) electrons. The van der Waals surface area contributed by atoms with Crippen molar-refractivity contribution >= 4 is 11.5 Å². The van der Waals surface area contributed by atoms with Crippen molar-refractivity contribution in [2.45, 2.75) is 64.5 Å². The summed E-state index contributed by atoms with van der Waals surface area (Å²) in [5.74, 6) is 0.773. The summed E-state index contributed by atoms with van der Waals surface area (Å²) in [4.78, 5) is 12.7. The lowest BCUT2D eigenvalue weighted by Crippen LogP contribution is -2.43. The maximum Gasteiger partial charge on any atom is 0.179 e. The van der Waals surface area contributed by atoms with E-state index >= 15 is 0 Å². The second kappa shape index (κ2) is 8.18. The molecule has 1 aromatic rings. The van der Waals surface area contributed by atoms with Gasteiger partial charge in [0.05, 0.1) is 18.3 Å². The molecule has 0 aliphatic heterocycles. The van der Waals surface area contributed by atoms with E-state index in [9.17, 15) is 4.79 Å². The highest BCUT2D eigenvalue weighted by Crippen LogP contribution is 2.24. The van der Waals surface area contributed by atoms with Crippen molar-refractivity contribution in [1.29, 1.82) is 0 Å². The van der Waals surface area contributed by atoms with Gasteiger partial charge in [-0.15, -0.1) is 0 Å². The minimum absolute atomic E-state index is 0.125. The predicted molar refractivity (Wildman–Crippen MR) is 90.4 cm³/mol. The zero-order valence-electron chi connectivity index (χ0n) is 13.7. The molecule has 3 N–H and O–H groups in total. The van der Waals surface area contributed by atoms with Crippen molar-refractivity contribution in [3.63, 3.8) is 0 Å². The number of carbonyl (C=O) groups excluding carboxylic acids is 1. The summed E-state index contributed by atoms with van der Waals surface area (Å²) in [5.41, 5.74) is 7.16. The highest BCUT2D eigenvalue weighted by Gasteiger charge is 2.23. The molecule has 1 aliphatic rings. The van der Waals surface area contributed by atoms with Gasteiger partial charge in [-0.05, 0) is 44.4 Å². The topological polar surface area (TPSA) is 64.3 Å². The van der Waals surface area contributed by atoms with Crippen LogP contribution < -0.4 is 15.8 Å². The van der Waals surface area contributed by atoms with Crippen molar-refractivity contribution in [3.05, 3.63) is 23.8 Å². The van der Waals surface area contributed by atoms with Gasteiger partial charge >= 0.3 is 0 Å². The largest absolute Gasteiger partial charge is 0.492 e. The Morgan fingerprint density at radius 1 is 1.32 bits per heavy atom. The van der Waals surface area contributed by atoms with Crippen LogP contribution in [0, 0.1) is 0 Å². The number of ether oxygens (including phenoxy) is 1. The van der Waals surface area contributed by atoms with Gasteiger partial charge in [0.15, 0.2) is 5.78 Å². The molecule has 2 rings (SSSR count). The summed E-state index contributed by atoms with van der Waals surface area (Å²) in [6.45, 7) is 4.54. The summed E-state index contributed by atoms with van der Waals surface area (Å²) in [5, 5.41) is 3.54. The summed E-state index contributed by atoms with van der Waals surface area (Å²) >= 11 is 0. The van der Waals surface area contributed by atoms with Crippen LogP contribution in [0.25, 0.3) is 0 Å². The van der Waals surface area contributed by atoms with Crippen LogP contribution in [-0.2, 0) is 0 Å². The van der Waals surface area contributed by atoms with Crippen LogP contribution in [0.4, 0.5) is 5.69 Å². The molecular weight excluding hydrogens is 276 g/mol. The fourth-order valence-electron chi connectivity index (χ4n) is 3.12. The monoisotopic (exact) mass is 304 g/mol. The first-order chi connectivity index (χ1) is 10.7. The van der Waals surface area contributed by atoms with E-state index in [1.54, 1.807) is 12.1 Å². The van der Waals surface area contributed by atoms with Crippen LogP contribution >= 0.6 is 0 Å². The maximum absolute atomic E-state index is 12.7. The van der Waals surface area contributed by atoms with Crippen molar-refractivity contribution in [3.8, 4) is 5.75 Å². The lowest BCUT2D eigenvalue weighted by atomic mass is 9.93. The molecule has 122 valence electrons. The number of nitrogens with one attached hydrogen (secondary N) is 1. The second-order valence-electron chi connectivity index (χ2n) is 6.01. The van der Waals surface area contributed by atoms with Crippen LogP contribution in [0.1, 0.15) is 62.7 Å². The fraction of sp³-hybridized carbons (Fsp3) is 0.611. The van der Waals surface area contributed by atoms with E-state index in [4.69, 9.17) is 10.5 Å². The van der Waals surface area contributed by atoms with Gasteiger partial charge in [-0.1, -0.05) is 26.2 Å². The summed E-state index contributed by atoms with van der Waals surface area (Å²) in [7, 11) is 0. The normalized spacial score (nSPS) is 17.2. The molecule has 0 aromatic heterocycles. The standard InChI is InChI=1S/C18H28N2O2/c1-3-16(20-14-8-6-5-7-9-14)18(21)13-10-11-17(22-4-2)15(19)12-13/h10-12,14,16,20H,3-9,19H2,1-2H3. The predicted octanol–water partition coefficient (Wildman–Crippen LogP) is 3.55. The summed E-state index contributed by atoms with van der Waals surface area (Å²) in [6.07, 6.45) is 6.99. The van der Waals surface area contributed by atoms with Gasteiger partial charge in [0.1, 0.15) is 5.75 Å². The minimum Gasteiger partial charge on any atom is -0.492 e. The SMILES string of the molecule is CCOc1ccc(C(=O)C(CC)NC2CCCCC2)cc1N. The Kier molecular flexibility index (Phi) is 6.25. The Bertz CT molecular complexity index is 496. The highest BCUT2D eigenvalue weighted by atomic mass is 16.5. The molecule has 0 saturated heterocycles. The van der Waals surface area contributed by atoms with E-state index in [2.05, 4.69) is 12.2 Å². The van der Waals surface area contributed by atoms with Gasteiger partial charge in [0, 0.05) is 11.6 Å².